The molecule has 0 radical (unpaired) electrons. The molecule has 5 heterocycles. The van der Waals surface area contributed by atoms with Crippen molar-refractivity contribution in [2.75, 3.05) is 6.54 Å². The number of amides is 1. The van der Waals surface area contributed by atoms with Crippen LogP contribution in [-0.4, -0.2) is 47.0 Å². The van der Waals surface area contributed by atoms with Crippen molar-refractivity contribution in [2.24, 2.45) is 0 Å². The van der Waals surface area contributed by atoms with E-state index in [2.05, 4.69) is 15.0 Å². The molecule has 1 aliphatic rings. The molecule has 9 nitrogen and oxygen atoms in total. The number of hydrogen-bond donors (Lipinski definition) is 2. The number of pyridine rings is 1. The second-order valence-corrected chi connectivity index (χ2v) is 8.50. The third-order valence-corrected chi connectivity index (χ3v) is 5.71. The summed E-state index contributed by atoms with van der Waals surface area (Å²) < 4.78 is 7.54. The molecule has 1 unspecified atom stereocenters. The third-order valence-electron chi connectivity index (χ3n) is 5.71. The largest absolute Gasteiger partial charge is 0.432 e. The highest BCUT2D eigenvalue weighted by molar-refractivity contribution is 5.93. The Morgan fingerprint density at radius 3 is 2.87 bits per heavy atom. The van der Waals surface area contributed by atoms with Gasteiger partial charge in [0.1, 0.15) is 11.6 Å². The van der Waals surface area contributed by atoms with Crippen molar-refractivity contribution >= 4 is 11.4 Å². The molecule has 31 heavy (non-hydrogen) atoms. The zero-order valence-electron chi connectivity index (χ0n) is 17.9. The number of aromatic amines is 1. The lowest BCUT2D eigenvalue weighted by Gasteiger charge is -2.33. The van der Waals surface area contributed by atoms with E-state index in [1.807, 2.05) is 35.8 Å². The van der Waals surface area contributed by atoms with Gasteiger partial charge in [-0.15, -0.1) is 0 Å². The fraction of sp³-hybridized carbons (Fsp3) is 0.364. The Kier molecular flexibility index (Phi) is 4.26. The highest BCUT2D eigenvalue weighted by Crippen LogP contribution is 2.35. The van der Waals surface area contributed by atoms with Crippen molar-refractivity contribution in [3.8, 4) is 0 Å². The topological polar surface area (TPSA) is 113 Å². The molecule has 5 rings (SSSR count). The van der Waals surface area contributed by atoms with Crippen molar-refractivity contribution in [2.45, 2.75) is 45.8 Å². The Morgan fingerprint density at radius 1 is 1.35 bits per heavy atom. The molecule has 0 aromatic carbocycles. The number of oxazole rings is 1. The first-order valence-corrected chi connectivity index (χ1v) is 10.2. The fourth-order valence-electron chi connectivity index (χ4n) is 4.09. The van der Waals surface area contributed by atoms with Crippen LogP contribution in [0.3, 0.4) is 0 Å². The number of nitrogens with zero attached hydrogens (tertiary/aromatic N) is 5. The van der Waals surface area contributed by atoms with Crippen LogP contribution >= 0.6 is 0 Å². The highest BCUT2D eigenvalue weighted by atomic mass is 16.4. The van der Waals surface area contributed by atoms with Gasteiger partial charge in [0.05, 0.1) is 28.9 Å². The molecule has 0 bridgehead atoms. The van der Waals surface area contributed by atoms with E-state index in [0.29, 0.717) is 18.7 Å². The van der Waals surface area contributed by atoms with Crippen LogP contribution in [0.25, 0.3) is 5.52 Å². The lowest BCUT2D eigenvalue weighted by Crippen LogP contribution is -2.41. The van der Waals surface area contributed by atoms with Crippen molar-refractivity contribution < 1.29 is 14.3 Å². The minimum atomic E-state index is -1.28. The number of hydrogen-bond acceptors (Lipinski definition) is 6. The molecule has 160 valence electrons. The van der Waals surface area contributed by atoms with Crippen LogP contribution in [0.5, 0.6) is 0 Å². The highest BCUT2D eigenvalue weighted by Gasteiger charge is 2.39. The molecule has 0 spiro atoms. The van der Waals surface area contributed by atoms with E-state index in [-0.39, 0.29) is 17.6 Å². The molecule has 0 saturated heterocycles. The first kappa shape index (κ1) is 19.5. The van der Waals surface area contributed by atoms with E-state index in [4.69, 9.17) is 9.52 Å². The number of aromatic nitrogens is 5. The standard InChI is InChI=1S/C22H24N6O3/c1-12-6-5-8-28-16(12)10-15(26-28)18-17-14(23-11-24-17)7-9-27(18)20(29)19-13(2)25-21(31-19)22(3,4)30/h5-6,8,10-11,18,30H,7,9H2,1-4H3,(H,23,24). The predicted molar refractivity (Wildman–Crippen MR) is 112 cm³/mol. The molecular formula is C22H24N6O3. The third kappa shape index (κ3) is 3.12. The zero-order valence-corrected chi connectivity index (χ0v) is 17.9. The number of carbonyl (C=O) groups excluding carboxylic acids is 1. The number of aryl methyl sites for hydroxylation is 2. The smallest absolute Gasteiger partial charge is 0.292 e. The van der Waals surface area contributed by atoms with Gasteiger partial charge in [-0.25, -0.2) is 14.5 Å². The van der Waals surface area contributed by atoms with Crippen molar-refractivity contribution in [1.82, 2.24) is 29.5 Å². The van der Waals surface area contributed by atoms with Crippen LogP contribution < -0.4 is 0 Å². The number of carbonyl (C=O) groups is 1. The summed E-state index contributed by atoms with van der Waals surface area (Å²) in [5.74, 6) is -0.0558. The van der Waals surface area contributed by atoms with Crippen LogP contribution in [0.15, 0.2) is 35.1 Å². The summed E-state index contributed by atoms with van der Waals surface area (Å²) in [7, 11) is 0. The Bertz CT molecular complexity index is 1290. The molecule has 0 fully saturated rings. The van der Waals surface area contributed by atoms with Crippen LogP contribution in [0.1, 0.15) is 64.7 Å². The Labute approximate surface area is 178 Å². The molecule has 0 saturated carbocycles. The summed E-state index contributed by atoms with van der Waals surface area (Å²) in [4.78, 5) is 27.3. The summed E-state index contributed by atoms with van der Waals surface area (Å²) >= 11 is 0. The van der Waals surface area contributed by atoms with Crippen molar-refractivity contribution in [1.29, 1.82) is 0 Å². The van der Waals surface area contributed by atoms with Gasteiger partial charge < -0.3 is 19.4 Å². The average Bonchev–Trinajstić information content (AvgIpc) is 3.44. The molecule has 4 aromatic rings. The van der Waals surface area contributed by atoms with E-state index in [1.165, 1.54) is 0 Å². The van der Waals surface area contributed by atoms with Crippen molar-refractivity contribution in [3.63, 3.8) is 0 Å². The maximum Gasteiger partial charge on any atom is 0.292 e. The lowest BCUT2D eigenvalue weighted by molar-refractivity contribution is 0.0440. The van der Waals surface area contributed by atoms with Crippen molar-refractivity contribution in [3.05, 3.63) is 70.7 Å². The normalized spacial score (nSPS) is 16.7. The van der Waals surface area contributed by atoms with E-state index < -0.39 is 11.6 Å². The summed E-state index contributed by atoms with van der Waals surface area (Å²) in [6, 6.07) is 5.51. The molecular weight excluding hydrogens is 396 g/mol. The Morgan fingerprint density at radius 2 is 2.16 bits per heavy atom. The van der Waals surface area contributed by atoms with E-state index in [1.54, 1.807) is 32.0 Å². The average molecular weight is 420 g/mol. The van der Waals surface area contributed by atoms with Crippen LogP contribution in [-0.2, 0) is 12.0 Å². The molecule has 2 N–H and O–H groups in total. The van der Waals surface area contributed by atoms with E-state index >= 15 is 0 Å². The molecule has 0 aliphatic carbocycles. The maximum absolute atomic E-state index is 13.6. The van der Waals surface area contributed by atoms with Gasteiger partial charge in [-0.3, -0.25) is 4.79 Å². The number of imidazole rings is 1. The van der Waals surface area contributed by atoms with Gasteiger partial charge in [0.15, 0.2) is 0 Å². The van der Waals surface area contributed by atoms with Crippen LogP contribution in [0, 0.1) is 13.8 Å². The monoisotopic (exact) mass is 420 g/mol. The van der Waals surface area contributed by atoms with E-state index in [9.17, 15) is 9.90 Å². The molecule has 1 aliphatic heterocycles. The second kappa shape index (κ2) is 6.78. The fourth-order valence-corrected chi connectivity index (χ4v) is 4.09. The Balaban J connectivity index is 1.61. The summed E-state index contributed by atoms with van der Waals surface area (Å²) in [6.45, 7) is 7.36. The van der Waals surface area contributed by atoms with Gasteiger partial charge in [-0.05, 0) is 45.4 Å². The number of fused-ring (bicyclic) bond motifs is 2. The van der Waals surface area contributed by atoms with Gasteiger partial charge in [-0.2, -0.15) is 5.10 Å². The lowest BCUT2D eigenvalue weighted by atomic mass is 9.99. The second-order valence-electron chi connectivity index (χ2n) is 8.50. The molecule has 1 amide bonds. The predicted octanol–water partition coefficient (Wildman–Crippen LogP) is 2.68. The van der Waals surface area contributed by atoms with E-state index in [0.717, 1.165) is 28.2 Å². The number of rotatable bonds is 3. The first-order chi connectivity index (χ1) is 14.7. The first-order valence-electron chi connectivity index (χ1n) is 10.2. The maximum atomic E-state index is 13.6. The van der Waals surface area contributed by atoms with Gasteiger partial charge in [0, 0.05) is 24.9 Å². The zero-order chi connectivity index (χ0) is 21.9. The van der Waals surface area contributed by atoms with Gasteiger partial charge in [0.2, 0.25) is 11.7 Å². The van der Waals surface area contributed by atoms with Crippen LogP contribution in [0.2, 0.25) is 0 Å². The van der Waals surface area contributed by atoms with Gasteiger partial charge >= 0.3 is 0 Å². The SMILES string of the molecule is Cc1nc(C(C)(C)O)oc1C(=O)N1CCc2[nH]cnc2C1c1cc2c(C)cccn2n1. The minimum Gasteiger partial charge on any atom is -0.432 e. The number of nitrogens with one attached hydrogen (secondary N) is 1. The molecule has 1 atom stereocenters. The Hall–Kier alpha value is -3.46. The summed E-state index contributed by atoms with van der Waals surface area (Å²) in [6.07, 6.45) is 4.19. The van der Waals surface area contributed by atoms with Gasteiger partial charge in [-0.1, -0.05) is 6.07 Å². The quantitative estimate of drug-likeness (QED) is 0.527. The summed E-state index contributed by atoms with van der Waals surface area (Å²) in [5, 5.41) is 15.0. The van der Waals surface area contributed by atoms with Gasteiger partial charge in [0.25, 0.3) is 5.91 Å². The minimum absolute atomic E-state index is 0.116. The number of aliphatic hydroxyl groups is 1. The number of H-pyrrole nitrogens is 1. The molecule has 4 aromatic heterocycles. The van der Waals surface area contributed by atoms with Crippen LogP contribution in [0.4, 0.5) is 0 Å². The molecule has 9 heteroatoms. The summed E-state index contributed by atoms with van der Waals surface area (Å²) in [5.41, 5.74) is 3.75.